The normalized spacial score (nSPS) is 35.4. The molecule has 1 saturated heterocycles. The molecule has 0 amide bonds. The van der Waals surface area contributed by atoms with Crippen molar-refractivity contribution in [2.45, 2.75) is 57.7 Å². The Bertz CT molecular complexity index is 196. The molecule has 0 bridgehead atoms. The first kappa shape index (κ1) is 10.7. The Morgan fingerprint density at radius 1 is 1.07 bits per heavy atom. The van der Waals surface area contributed by atoms with Crippen molar-refractivity contribution >= 4 is 8.24 Å². The van der Waals surface area contributed by atoms with Gasteiger partial charge in [0.1, 0.15) is 8.24 Å². The topological polar surface area (TPSA) is 3.24 Å². The van der Waals surface area contributed by atoms with Crippen molar-refractivity contribution in [1.82, 2.24) is 4.57 Å². The third-order valence-corrected chi connectivity index (χ3v) is 9.21. The van der Waals surface area contributed by atoms with E-state index in [1.807, 2.05) is 0 Å². The van der Waals surface area contributed by atoms with Crippen molar-refractivity contribution in [3.8, 4) is 0 Å². The number of hydrogen-bond acceptors (Lipinski definition) is 1. The van der Waals surface area contributed by atoms with Crippen molar-refractivity contribution < 1.29 is 0 Å². The second kappa shape index (κ2) is 3.97. The van der Waals surface area contributed by atoms with Gasteiger partial charge in [-0.15, -0.1) is 0 Å². The maximum Gasteiger partial charge on any atom is 0.125 e. The monoisotopic (exact) mass is 211 g/mol. The molecule has 82 valence electrons. The van der Waals surface area contributed by atoms with Gasteiger partial charge in [0.05, 0.1) is 0 Å². The van der Waals surface area contributed by atoms with Gasteiger partial charge >= 0.3 is 0 Å². The van der Waals surface area contributed by atoms with E-state index in [1.54, 1.807) is 0 Å². The molecule has 2 heteroatoms. The van der Waals surface area contributed by atoms with Gasteiger partial charge < -0.3 is 4.57 Å². The van der Waals surface area contributed by atoms with Crippen LogP contribution in [0.1, 0.15) is 39.0 Å². The summed E-state index contributed by atoms with van der Waals surface area (Å²) in [7, 11) is -1.05. The zero-order valence-electron chi connectivity index (χ0n) is 10.1. The van der Waals surface area contributed by atoms with E-state index in [2.05, 4.69) is 24.6 Å². The third kappa shape index (κ3) is 1.92. The first-order valence-electron chi connectivity index (χ1n) is 6.36. The molecular formula is C12H25NSi. The summed E-state index contributed by atoms with van der Waals surface area (Å²) in [5.41, 5.74) is 1.09. The first-order valence-corrected chi connectivity index (χ1v) is 9.38. The zero-order chi connectivity index (χ0) is 10.2. The van der Waals surface area contributed by atoms with Gasteiger partial charge in [0.15, 0.2) is 0 Å². The fourth-order valence-corrected chi connectivity index (χ4v) is 7.24. The van der Waals surface area contributed by atoms with E-state index < -0.39 is 8.24 Å². The molecule has 0 N–H and O–H groups in total. The van der Waals surface area contributed by atoms with E-state index in [4.69, 9.17) is 0 Å². The number of rotatable bonds is 2. The van der Waals surface area contributed by atoms with Gasteiger partial charge in [0, 0.05) is 0 Å². The first-order chi connectivity index (χ1) is 6.60. The van der Waals surface area contributed by atoms with Gasteiger partial charge in [0.2, 0.25) is 0 Å². The van der Waals surface area contributed by atoms with Crippen LogP contribution in [0.15, 0.2) is 0 Å². The minimum absolute atomic E-state index is 1.01. The summed E-state index contributed by atoms with van der Waals surface area (Å²) in [4.78, 5) is 0. The smallest absolute Gasteiger partial charge is 0.125 e. The molecule has 1 saturated carbocycles. The third-order valence-electron chi connectivity index (χ3n) is 4.61. The average molecular weight is 211 g/mol. The molecule has 0 aromatic rings. The standard InChI is InChI=1S/C12H25NSi/c1-11-6-7-12(10-11)14(2,3)13-8-4-5-9-13/h11-12H,4-10H2,1-3H3. The van der Waals surface area contributed by atoms with Gasteiger partial charge in [0.25, 0.3) is 0 Å². The molecule has 0 radical (unpaired) electrons. The largest absolute Gasteiger partial charge is 0.323 e. The Morgan fingerprint density at radius 3 is 2.21 bits per heavy atom. The lowest BCUT2D eigenvalue weighted by Crippen LogP contribution is -2.50. The summed E-state index contributed by atoms with van der Waals surface area (Å²) in [5, 5.41) is 0. The number of hydrogen-bond donors (Lipinski definition) is 0. The summed E-state index contributed by atoms with van der Waals surface area (Å²) in [6.45, 7) is 10.5. The second-order valence-corrected chi connectivity index (χ2v) is 10.7. The molecule has 1 aliphatic heterocycles. The van der Waals surface area contributed by atoms with Crippen molar-refractivity contribution in [3.63, 3.8) is 0 Å². The highest BCUT2D eigenvalue weighted by molar-refractivity contribution is 6.76. The fourth-order valence-electron chi connectivity index (χ4n) is 3.40. The van der Waals surface area contributed by atoms with Crippen LogP contribution >= 0.6 is 0 Å². The van der Waals surface area contributed by atoms with Gasteiger partial charge in [-0.05, 0) is 43.8 Å². The Balaban J connectivity index is 1.99. The molecular weight excluding hydrogens is 186 g/mol. The zero-order valence-corrected chi connectivity index (χ0v) is 11.1. The Kier molecular flexibility index (Phi) is 3.03. The lowest BCUT2D eigenvalue weighted by Gasteiger charge is -2.38. The second-order valence-electron chi connectivity index (χ2n) is 5.96. The molecule has 1 heterocycles. The van der Waals surface area contributed by atoms with Gasteiger partial charge in [-0.1, -0.05) is 32.9 Å². The van der Waals surface area contributed by atoms with Crippen molar-refractivity contribution in [2.24, 2.45) is 5.92 Å². The van der Waals surface area contributed by atoms with Crippen LogP contribution in [-0.4, -0.2) is 25.9 Å². The molecule has 2 fully saturated rings. The number of nitrogens with zero attached hydrogens (tertiary/aromatic N) is 1. The van der Waals surface area contributed by atoms with Crippen LogP contribution in [0.4, 0.5) is 0 Å². The SMILES string of the molecule is CC1CCC([Si](C)(C)N2CCCC2)C1. The van der Waals surface area contributed by atoms with Crippen LogP contribution < -0.4 is 0 Å². The van der Waals surface area contributed by atoms with Crippen molar-refractivity contribution in [3.05, 3.63) is 0 Å². The van der Waals surface area contributed by atoms with Gasteiger partial charge in [-0.2, -0.15) is 0 Å². The minimum Gasteiger partial charge on any atom is -0.323 e. The quantitative estimate of drug-likeness (QED) is 0.632. The molecule has 1 nitrogen and oxygen atoms in total. The molecule has 2 rings (SSSR count). The predicted octanol–water partition coefficient (Wildman–Crippen LogP) is 3.48. The highest BCUT2D eigenvalue weighted by atomic mass is 28.3. The van der Waals surface area contributed by atoms with Crippen LogP contribution in [0.2, 0.25) is 18.6 Å². The molecule has 2 aliphatic rings. The molecule has 1 aliphatic carbocycles. The average Bonchev–Trinajstić information content (AvgIpc) is 2.72. The molecule has 14 heavy (non-hydrogen) atoms. The summed E-state index contributed by atoms with van der Waals surface area (Å²) >= 11 is 0. The lowest BCUT2D eigenvalue weighted by molar-refractivity contribution is 0.496. The van der Waals surface area contributed by atoms with E-state index in [1.165, 1.54) is 45.2 Å². The molecule has 2 unspecified atom stereocenters. The van der Waals surface area contributed by atoms with Crippen LogP contribution in [-0.2, 0) is 0 Å². The highest BCUT2D eigenvalue weighted by Crippen LogP contribution is 2.43. The van der Waals surface area contributed by atoms with Crippen LogP contribution in [0, 0.1) is 5.92 Å². The van der Waals surface area contributed by atoms with Gasteiger partial charge in [-0.3, -0.25) is 0 Å². The van der Waals surface area contributed by atoms with Crippen molar-refractivity contribution in [1.29, 1.82) is 0 Å². The minimum atomic E-state index is -1.05. The van der Waals surface area contributed by atoms with E-state index in [-0.39, 0.29) is 0 Å². The van der Waals surface area contributed by atoms with Crippen LogP contribution in [0.25, 0.3) is 0 Å². The summed E-state index contributed by atoms with van der Waals surface area (Å²) in [5.74, 6) is 1.01. The molecule has 2 atom stereocenters. The van der Waals surface area contributed by atoms with E-state index in [0.29, 0.717) is 0 Å². The molecule has 0 aromatic carbocycles. The van der Waals surface area contributed by atoms with Crippen LogP contribution in [0.5, 0.6) is 0 Å². The molecule has 0 spiro atoms. The van der Waals surface area contributed by atoms with Gasteiger partial charge in [-0.25, -0.2) is 0 Å². The fraction of sp³-hybridized carbons (Fsp3) is 1.00. The maximum atomic E-state index is 2.87. The van der Waals surface area contributed by atoms with E-state index in [9.17, 15) is 0 Å². The summed E-state index contributed by atoms with van der Waals surface area (Å²) < 4.78 is 2.87. The Labute approximate surface area is 90.0 Å². The van der Waals surface area contributed by atoms with Crippen molar-refractivity contribution in [2.75, 3.05) is 13.1 Å². The van der Waals surface area contributed by atoms with E-state index in [0.717, 1.165) is 11.5 Å². The van der Waals surface area contributed by atoms with E-state index >= 15 is 0 Å². The highest BCUT2D eigenvalue weighted by Gasteiger charge is 2.41. The Morgan fingerprint density at radius 2 is 1.71 bits per heavy atom. The lowest BCUT2D eigenvalue weighted by atomic mass is 10.1. The Hall–Kier alpha value is 0.177. The maximum absolute atomic E-state index is 2.87. The summed E-state index contributed by atoms with van der Waals surface area (Å²) in [6.07, 6.45) is 7.46. The molecule has 0 aromatic heterocycles. The van der Waals surface area contributed by atoms with Crippen LogP contribution in [0.3, 0.4) is 0 Å². The predicted molar refractivity (Wildman–Crippen MR) is 65.1 cm³/mol. The summed E-state index contributed by atoms with van der Waals surface area (Å²) in [6, 6.07) is 0.